The molecule has 0 saturated carbocycles. The van der Waals surface area contributed by atoms with Crippen molar-refractivity contribution in [1.29, 1.82) is 0 Å². The first kappa shape index (κ1) is 16.2. The molecule has 120 valence electrons. The van der Waals surface area contributed by atoms with Crippen molar-refractivity contribution < 1.29 is 4.74 Å². The van der Waals surface area contributed by atoms with Crippen LogP contribution in [0.15, 0.2) is 84.9 Å². The molecule has 0 heterocycles. The molecule has 2 nitrogen and oxygen atoms in total. The molecule has 24 heavy (non-hydrogen) atoms. The van der Waals surface area contributed by atoms with Gasteiger partial charge in [0.1, 0.15) is 5.75 Å². The zero-order chi connectivity index (χ0) is 16.8. The van der Waals surface area contributed by atoms with Crippen molar-refractivity contribution >= 4 is 22.9 Å². The van der Waals surface area contributed by atoms with E-state index in [4.69, 9.17) is 17.0 Å². The van der Waals surface area contributed by atoms with Gasteiger partial charge < -0.3 is 10.1 Å². The lowest BCUT2D eigenvalue weighted by atomic mass is 9.91. The Balaban J connectivity index is 1.89. The average molecular weight is 333 g/mol. The lowest BCUT2D eigenvalue weighted by molar-refractivity contribution is 0.415. The molecule has 0 spiro atoms. The van der Waals surface area contributed by atoms with E-state index in [1.165, 1.54) is 11.1 Å². The van der Waals surface area contributed by atoms with Crippen LogP contribution in [0.25, 0.3) is 0 Å². The fourth-order valence-electron chi connectivity index (χ4n) is 2.67. The normalized spacial score (nSPS) is 10.4. The van der Waals surface area contributed by atoms with Crippen LogP contribution in [0.3, 0.4) is 0 Å². The zero-order valence-electron chi connectivity index (χ0n) is 13.5. The van der Waals surface area contributed by atoms with Gasteiger partial charge in [-0.15, -0.1) is 0 Å². The molecular weight excluding hydrogens is 314 g/mol. The highest BCUT2D eigenvalue weighted by atomic mass is 32.1. The maximum Gasteiger partial charge on any atom is 0.119 e. The lowest BCUT2D eigenvalue weighted by Crippen LogP contribution is -2.20. The molecule has 0 atom stereocenters. The van der Waals surface area contributed by atoms with Crippen LogP contribution in [0, 0.1) is 0 Å². The quantitative estimate of drug-likeness (QED) is 0.643. The number of hydrogen-bond acceptors (Lipinski definition) is 2. The summed E-state index contributed by atoms with van der Waals surface area (Å²) < 4.78 is 5.20. The second-order valence-corrected chi connectivity index (χ2v) is 5.91. The molecule has 3 heteroatoms. The van der Waals surface area contributed by atoms with E-state index < -0.39 is 0 Å². The molecule has 0 amide bonds. The van der Waals surface area contributed by atoms with Gasteiger partial charge in [0.05, 0.1) is 18.0 Å². The summed E-state index contributed by atoms with van der Waals surface area (Å²) in [5.74, 6) is 0.846. The second-order valence-electron chi connectivity index (χ2n) is 5.47. The maximum absolute atomic E-state index is 5.74. The van der Waals surface area contributed by atoms with Crippen LogP contribution in [-0.4, -0.2) is 12.1 Å². The summed E-state index contributed by atoms with van der Waals surface area (Å²) >= 11 is 5.74. The summed E-state index contributed by atoms with van der Waals surface area (Å²) in [6.45, 7) is 0. The number of ether oxygens (including phenoxy) is 1. The number of benzene rings is 3. The molecule has 1 N–H and O–H groups in total. The Kier molecular flexibility index (Phi) is 5.24. The van der Waals surface area contributed by atoms with Gasteiger partial charge in [-0.2, -0.15) is 0 Å². The van der Waals surface area contributed by atoms with Crippen molar-refractivity contribution in [2.45, 2.75) is 5.92 Å². The topological polar surface area (TPSA) is 21.3 Å². The van der Waals surface area contributed by atoms with Gasteiger partial charge in [-0.1, -0.05) is 72.9 Å². The molecule has 3 aromatic rings. The van der Waals surface area contributed by atoms with Crippen LogP contribution in [0.5, 0.6) is 5.75 Å². The van der Waals surface area contributed by atoms with Crippen LogP contribution in [0.1, 0.15) is 17.0 Å². The summed E-state index contributed by atoms with van der Waals surface area (Å²) in [5.41, 5.74) is 3.31. The predicted molar refractivity (Wildman–Crippen MR) is 104 cm³/mol. The third-order valence-corrected chi connectivity index (χ3v) is 4.22. The monoisotopic (exact) mass is 333 g/mol. The predicted octanol–water partition coefficient (Wildman–Crippen LogP) is 5.27. The minimum Gasteiger partial charge on any atom is -0.497 e. The summed E-state index contributed by atoms with van der Waals surface area (Å²) in [6, 6.07) is 28.4. The van der Waals surface area contributed by atoms with Gasteiger partial charge in [-0.3, -0.25) is 0 Å². The van der Waals surface area contributed by atoms with E-state index in [1.807, 2.05) is 60.7 Å². The number of thiocarbonyl (C=S) groups is 1. The summed E-state index contributed by atoms with van der Waals surface area (Å²) in [4.78, 5) is 0.776. The van der Waals surface area contributed by atoms with E-state index >= 15 is 0 Å². The number of hydrogen-bond donors (Lipinski definition) is 1. The third-order valence-electron chi connectivity index (χ3n) is 3.89. The highest BCUT2D eigenvalue weighted by Crippen LogP contribution is 2.27. The molecule has 0 saturated heterocycles. The number of nitrogens with one attached hydrogen (secondary N) is 1. The zero-order valence-corrected chi connectivity index (χ0v) is 14.3. The van der Waals surface area contributed by atoms with Gasteiger partial charge in [-0.25, -0.2) is 0 Å². The van der Waals surface area contributed by atoms with Crippen molar-refractivity contribution in [3.8, 4) is 5.75 Å². The van der Waals surface area contributed by atoms with Crippen LogP contribution >= 0.6 is 12.2 Å². The van der Waals surface area contributed by atoms with Gasteiger partial charge >= 0.3 is 0 Å². The largest absolute Gasteiger partial charge is 0.497 e. The molecule has 3 aromatic carbocycles. The van der Waals surface area contributed by atoms with E-state index in [0.717, 1.165) is 16.4 Å². The van der Waals surface area contributed by atoms with E-state index in [9.17, 15) is 0 Å². The van der Waals surface area contributed by atoms with E-state index in [0.29, 0.717) is 0 Å². The molecule has 0 aliphatic carbocycles. The first-order valence-corrected chi connectivity index (χ1v) is 8.23. The van der Waals surface area contributed by atoms with Crippen LogP contribution in [-0.2, 0) is 0 Å². The molecule has 0 radical (unpaired) electrons. The Morgan fingerprint density at radius 1 is 0.792 bits per heavy atom. The Bertz CT molecular complexity index is 746. The van der Waals surface area contributed by atoms with Gasteiger partial charge in [0.25, 0.3) is 0 Å². The van der Waals surface area contributed by atoms with Gasteiger partial charge in [-0.05, 0) is 35.4 Å². The van der Waals surface area contributed by atoms with Crippen molar-refractivity contribution in [3.63, 3.8) is 0 Å². The Hall–Kier alpha value is -2.65. The first-order valence-electron chi connectivity index (χ1n) is 7.83. The minimum atomic E-state index is 0.0181. The molecule has 0 aromatic heterocycles. The van der Waals surface area contributed by atoms with E-state index in [1.54, 1.807) is 7.11 Å². The standard InChI is InChI=1S/C21H19NOS/c1-23-19-14-12-18(13-15-19)22-21(24)20(16-8-4-2-5-9-16)17-10-6-3-7-11-17/h2-15,20H,1H3,(H,22,24). The first-order chi connectivity index (χ1) is 11.8. The summed E-state index contributed by atoms with van der Waals surface area (Å²) in [5, 5.41) is 3.37. The van der Waals surface area contributed by atoms with E-state index in [2.05, 4.69) is 29.6 Å². The minimum absolute atomic E-state index is 0.0181. The van der Waals surface area contributed by atoms with Crippen molar-refractivity contribution in [2.75, 3.05) is 12.4 Å². The smallest absolute Gasteiger partial charge is 0.119 e. The molecule has 0 bridgehead atoms. The Labute approximate surface area is 148 Å². The number of anilines is 1. The SMILES string of the molecule is COc1ccc(NC(=S)C(c2ccccc2)c2ccccc2)cc1. The molecule has 0 aliphatic heterocycles. The molecule has 3 rings (SSSR count). The lowest BCUT2D eigenvalue weighted by Gasteiger charge is -2.20. The molecule has 0 fully saturated rings. The molecule has 0 unspecified atom stereocenters. The molecular formula is C21H19NOS. The fraction of sp³-hybridized carbons (Fsp3) is 0.0952. The van der Waals surface area contributed by atoms with Crippen molar-refractivity contribution in [2.24, 2.45) is 0 Å². The summed E-state index contributed by atoms with van der Waals surface area (Å²) in [6.07, 6.45) is 0. The van der Waals surface area contributed by atoms with Gasteiger partial charge in [0.2, 0.25) is 0 Å². The Morgan fingerprint density at radius 3 is 1.75 bits per heavy atom. The average Bonchev–Trinajstić information content (AvgIpc) is 2.64. The van der Waals surface area contributed by atoms with Crippen LogP contribution in [0.4, 0.5) is 5.69 Å². The summed E-state index contributed by atoms with van der Waals surface area (Å²) in [7, 11) is 1.66. The highest BCUT2D eigenvalue weighted by molar-refractivity contribution is 7.80. The third kappa shape index (κ3) is 3.81. The number of rotatable bonds is 5. The second kappa shape index (κ2) is 7.75. The highest BCUT2D eigenvalue weighted by Gasteiger charge is 2.19. The van der Waals surface area contributed by atoms with Gasteiger partial charge in [0.15, 0.2) is 0 Å². The fourth-order valence-corrected chi connectivity index (χ4v) is 3.06. The van der Waals surface area contributed by atoms with Crippen molar-refractivity contribution in [1.82, 2.24) is 0 Å². The van der Waals surface area contributed by atoms with Gasteiger partial charge in [0, 0.05) is 5.69 Å². The molecule has 0 aliphatic rings. The number of methoxy groups -OCH3 is 1. The maximum atomic E-state index is 5.74. The van der Waals surface area contributed by atoms with E-state index in [-0.39, 0.29) is 5.92 Å². The van der Waals surface area contributed by atoms with Crippen LogP contribution in [0.2, 0.25) is 0 Å². The van der Waals surface area contributed by atoms with Crippen LogP contribution < -0.4 is 10.1 Å². The van der Waals surface area contributed by atoms with Crippen molar-refractivity contribution in [3.05, 3.63) is 96.1 Å². The Morgan fingerprint density at radius 2 is 1.29 bits per heavy atom.